The first-order valence-electron chi connectivity index (χ1n) is 8.79. The van der Waals surface area contributed by atoms with Gasteiger partial charge in [-0.1, -0.05) is 19.9 Å². The quantitative estimate of drug-likeness (QED) is 0.357. The zero-order valence-electron chi connectivity index (χ0n) is 15.9. The van der Waals surface area contributed by atoms with Crippen molar-refractivity contribution in [3.05, 3.63) is 53.6 Å². The predicted molar refractivity (Wildman–Crippen MR) is 110 cm³/mol. The van der Waals surface area contributed by atoms with Crippen molar-refractivity contribution in [1.82, 2.24) is 4.98 Å². The van der Waals surface area contributed by atoms with Crippen molar-refractivity contribution in [2.45, 2.75) is 20.3 Å². The maximum absolute atomic E-state index is 12.2. The smallest absolute Gasteiger partial charge is 0.358 e. The first kappa shape index (κ1) is 21.3. The molecule has 0 fully saturated rings. The predicted octanol–water partition coefficient (Wildman–Crippen LogP) is 3.77. The summed E-state index contributed by atoms with van der Waals surface area (Å²) in [7, 11) is 0. The Morgan fingerprint density at radius 2 is 1.96 bits per heavy atom. The maximum Gasteiger partial charge on any atom is 0.358 e. The van der Waals surface area contributed by atoms with E-state index in [-0.39, 0.29) is 29.9 Å². The first-order chi connectivity index (χ1) is 13.4. The van der Waals surface area contributed by atoms with Gasteiger partial charge in [-0.25, -0.2) is 9.78 Å². The summed E-state index contributed by atoms with van der Waals surface area (Å²) in [6, 6.07) is 6.46. The minimum Gasteiger partial charge on any atom is -0.453 e. The molecule has 8 heteroatoms. The molecule has 0 radical (unpaired) electrons. The zero-order valence-corrected chi connectivity index (χ0v) is 16.7. The van der Waals surface area contributed by atoms with Gasteiger partial charge in [-0.2, -0.15) is 0 Å². The maximum atomic E-state index is 12.2. The van der Waals surface area contributed by atoms with Gasteiger partial charge in [-0.15, -0.1) is 17.9 Å². The highest BCUT2D eigenvalue weighted by atomic mass is 32.1. The summed E-state index contributed by atoms with van der Waals surface area (Å²) in [5, 5.41) is 7.89. The van der Waals surface area contributed by atoms with E-state index < -0.39 is 5.97 Å². The Morgan fingerprint density at radius 3 is 2.61 bits per heavy atom. The Hall–Kier alpha value is -3.00. The molecule has 0 aliphatic carbocycles. The fourth-order valence-electron chi connectivity index (χ4n) is 2.22. The van der Waals surface area contributed by atoms with E-state index in [4.69, 9.17) is 4.74 Å². The third-order valence-electron chi connectivity index (χ3n) is 3.53. The molecule has 0 saturated carbocycles. The summed E-state index contributed by atoms with van der Waals surface area (Å²) in [6.07, 6.45) is 2.11. The second-order valence-corrected chi connectivity index (χ2v) is 7.29. The molecule has 148 valence electrons. The van der Waals surface area contributed by atoms with E-state index in [1.165, 1.54) is 11.3 Å². The number of amides is 1. The number of ketones is 1. The molecule has 28 heavy (non-hydrogen) atoms. The summed E-state index contributed by atoms with van der Waals surface area (Å²) in [4.78, 5) is 40.1. The van der Waals surface area contributed by atoms with Gasteiger partial charge >= 0.3 is 5.97 Å². The van der Waals surface area contributed by atoms with Crippen molar-refractivity contribution in [1.29, 1.82) is 0 Å². The molecule has 1 heterocycles. The van der Waals surface area contributed by atoms with E-state index in [0.29, 0.717) is 29.3 Å². The van der Waals surface area contributed by atoms with Gasteiger partial charge in [-0.3, -0.25) is 9.59 Å². The zero-order chi connectivity index (χ0) is 20.5. The van der Waals surface area contributed by atoms with Gasteiger partial charge in [0, 0.05) is 29.6 Å². The average molecular weight is 401 g/mol. The highest BCUT2D eigenvalue weighted by Crippen LogP contribution is 2.16. The fourth-order valence-corrected chi connectivity index (χ4v) is 2.91. The van der Waals surface area contributed by atoms with Crippen LogP contribution in [0.25, 0.3) is 0 Å². The normalized spacial score (nSPS) is 10.4. The molecular formula is C20H23N3O4S. The summed E-state index contributed by atoms with van der Waals surface area (Å²) in [5.74, 6) is -0.808. The summed E-state index contributed by atoms with van der Waals surface area (Å²) >= 11 is 1.27. The highest BCUT2D eigenvalue weighted by Gasteiger charge is 2.15. The number of aromatic nitrogens is 1. The number of rotatable bonds is 10. The second kappa shape index (κ2) is 10.4. The molecule has 0 saturated heterocycles. The van der Waals surface area contributed by atoms with Gasteiger partial charge in [0.1, 0.15) is 0 Å². The SMILES string of the molecule is C=CCNc1nc(C(=O)OCC(=O)c2ccc(NC(=O)CC(C)C)cc2)cs1. The number of nitrogens with one attached hydrogen (secondary N) is 2. The molecule has 1 amide bonds. The molecule has 2 N–H and O–H groups in total. The van der Waals surface area contributed by atoms with Crippen molar-refractivity contribution >= 4 is 39.8 Å². The van der Waals surface area contributed by atoms with Crippen LogP contribution < -0.4 is 10.6 Å². The van der Waals surface area contributed by atoms with Crippen LogP contribution in [0.15, 0.2) is 42.3 Å². The number of anilines is 2. The third kappa shape index (κ3) is 6.62. The van der Waals surface area contributed by atoms with Crippen molar-refractivity contribution in [3.8, 4) is 0 Å². The number of benzene rings is 1. The molecule has 1 aromatic carbocycles. The number of carbonyl (C=O) groups is 3. The Balaban J connectivity index is 1.85. The number of esters is 1. The van der Waals surface area contributed by atoms with Crippen LogP contribution >= 0.6 is 11.3 Å². The molecule has 1 aromatic heterocycles. The van der Waals surface area contributed by atoms with Gasteiger partial charge in [0.25, 0.3) is 0 Å². The topological polar surface area (TPSA) is 97.4 Å². The van der Waals surface area contributed by atoms with Gasteiger partial charge in [0.05, 0.1) is 0 Å². The van der Waals surface area contributed by atoms with Gasteiger partial charge in [0.15, 0.2) is 23.2 Å². The van der Waals surface area contributed by atoms with E-state index in [1.54, 1.807) is 35.7 Å². The molecule has 0 aliphatic rings. The van der Waals surface area contributed by atoms with Crippen molar-refractivity contribution < 1.29 is 19.1 Å². The number of hydrogen-bond donors (Lipinski definition) is 2. The van der Waals surface area contributed by atoms with Gasteiger partial charge in [-0.05, 0) is 30.2 Å². The monoisotopic (exact) mass is 401 g/mol. The number of ether oxygens (including phenoxy) is 1. The van der Waals surface area contributed by atoms with Crippen LogP contribution in [-0.2, 0) is 9.53 Å². The molecule has 2 rings (SSSR count). The standard InChI is InChI=1S/C20H23N3O4S/c1-4-9-21-20-23-16(12-28-20)19(26)27-11-17(24)14-5-7-15(8-6-14)22-18(25)10-13(2)3/h4-8,12-13H,1,9-11H2,2-3H3,(H,21,23)(H,22,25). The summed E-state index contributed by atoms with van der Waals surface area (Å²) in [5.41, 5.74) is 1.15. The average Bonchev–Trinajstić information content (AvgIpc) is 3.13. The van der Waals surface area contributed by atoms with E-state index in [1.807, 2.05) is 13.8 Å². The molecule has 2 aromatic rings. The number of thiazole rings is 1. The first-order valence-corrected chi connectivity index (χ1v) is 9.67. The van der Waals surface area contributed by atoms with Crippen molar-refractivity contribution in [2.24, 2.45) is 5.92 Å². The highest BCUT2D eigenvalue weighted by molar-refractivity contribution is 7.13. The minimum absolute atomic E-state index is 0.0757. The van der Waals surface area contributed by atoms with Crippen LogP contribution in [0.5, 0.6) is 0 Å². The fraction of sp³-hybridized carbons (Fsp3) is 0.300. The minimum atomic E-state index is -0.658. The number of carbonyl (C=O) groups excluding carboxylic acids is 3. The molecule has 0 atom stereocenters. The Morgan fingerprint density at radius 1 is 1.25 bits per heavy atom. The lowest BCUT2D eigenvalue weighted by Crippen LogP contribution is -2.15. The lowest BCUT2D eigenvalue weighted by molar-refractivity contribution is -0.116. The van der Waals surface area contributed by atoms with Crippen LogP contribution in [0.2, 0.25) is 0 Å². The molecule has 0 unspecified atom stereocenters. The molecule has 7 nitrogen and oxygen atoms in total. The third-order valence-corrected chi connectivity index (χ3v) is 4.33. The molecule has 0 aliphatic heterocycles. The van der Waals surface area contributed by atoms with Crippen LogP contribution in [0, 0.1) is 5.92 Å². The van der Waals surface area contributed by atoms with Crippen molar-refractivity contribution in [2.75, 3.05) is 23.8 Å². The lowest BCUT2D eigenvalue weighted by atomic mass is 10.1. The van der Waals surface area contributed by atoms with Crippen LogP contribution in [0.4, 0.5) is 10.8 Å². The summed E-state index contributed by atoms with van der Waals surface area (Å²) in [6.45, 7) is 7.67. The largest absolute Gasteiger partial charge is 0.453 e. The number of hydrogen-bond acceptors (Lipinski definition) is 7. The summed E-state index contributed by atoms with van der Waals surface area (Å²) < 4.78 is 5.04. The van der Waals surface area contributed by atoms with E-state index >= 15 is 0 Å². The van der Waals surface area contributed by atoms with E-state index in [9.17, 15) is 14.4 Å². The van der Waals surface area contributed by atoms with E-state index in [0.717, 1.165) is 0 Å². The second-order valence-electron chi connectivity index (χ2n) is 6.43. The Kier molecular flexibility index (Phi) is 7.88. The molecule has 0 bridgehead atoms. The van der Waals surface area contributed by atoms with E-state index in [2.05, 4.69) is 22.2 Å². The molecule has 0 spiro atoms. The van der Waals surface area contributed by atoms with Crippen molar-refractivity contribution in [3.63, 3.8) is 0 Å². The van der Waals surface area contributed by atoms with Crippen LogP contribution in [0.3, 0.4) is 0 Å². The Labute approximate surface area is 167 Å². The van der Waals surface area contributed by atoms with Gasteiger partial charge in [0.2, 0.25) is 5.91 Å². The van der Waals surface area contributed by atoms with Gasteiger partial charge < -0.3 is 15.4 Å². The Bertz CT molecular complexity index is 843. The number of nitrogens with zero attached hydrogens (tertiary/aromatic N) is 1. The number of Topliss-reactive ketones (excluding diaryl/α,β-unsaturated/α-hetero) is 1. The van der Waals surface area contributed by atoms with Crippen LogP contribution in [-0.4, -0.2) is 35.8 Å². The lowest BCUT2D eigenvalue weighted by Gasteiger charge is -2.08. The molecular weight excluding hydrogens is 378 g/mol. The van der Waals surface area contributed by atoms with Crippen LogP contribution in [0.1, 0.15) is 41.1 Å².